The lowest BCUT2D eigenvalue weighted by Crippen LogP contribution is -2.11. The van der Waals surface area contributed by atoms with Gasteiger partial charge in [-0.1, -0.05) is 0 Å². The smallest absolute Gasteiger partial charge is 0.203 e. The maximum Gasteiger partial charge on any atom is 0.203 e. The van der Waals surface area contributed by atoms with E-state index in [1.165, 1.54) is 0 Å². The van der Waals surface area contributed by atoms with Gasteiger partial charge in [0.2, 0.25) is 5.75 Å². The van der Waals surface area contributed by atoms with Crippen LogP contribution in [0.3, 0.4) is 0 Å². The molecule has 0 aliphatic heterocycles. The van der Waals surface area contributed by atoms with Crippen molar-refractivity contribution in [3.8, 4) is 23.0 Å². The van der Waals surface area contributed by atoms with Crippen LogP contribution in [-0.4, -0.2) is 48.3 Å². The Morgan fingerprint density at radius 1 is 0.857 bits per heavy atom. The van der Waals surface area contributed by atoms with Crippen molar-refractivity contribution in [1.29, 1.82) is 0 Å². The maximum absolute atomic E-state index is 12.9. The molecule has 0 spiro atoms. The normalized spacial score (nSPS) is 11.0. The number of hydrogen-bond acceptors (Lipinski definition) is 6. The van der Waals surface area contributed by atoms with Crippen molar-refractivity contribution in [2.75, 3.05) is 47.4 Å². The van der Waals surface area contributed by atoms with Crippen molar-refractivity contribution in [2.45, 2.75) is 6.92 Å². The zero-order valence-corrected chi connectivity index (χ0v) is 17.5. The molecule has 0 bridgehead atoms. The summed E-state index contributed by atoms with van der Waals surface area (Å²) < 4.78 is 21.5. The monoisotopic (exact) mass is 385 g/mol. The predicted octanol–water partition coefficient (Wildman–Crippen LogP) is 4.07. The second-order valence-electron chi connectivity index (χ2n) is 6.40. The third kappa shape index (κ3) is 4.39. The van der Waals surface area contributed by atoms with Crippen molar-refractivity contribution in [1.82, 2.24) is 0 Å². The van der Waals surface area contributed by atoms with Crippen molar-refractivity contribution >= 4 is 17.5 Å². The van der Waals surface area contributed by atoms with Crippen LogP contribution in [0, 0.1) is 0 Å². The summed E-state index contributed by atoms with van der Waals surface area (Å²) in [5, 5.41) is 0. The molecule has 6 nitrogen and oxygen atoms in total. The van der Waals surface area contributed by atoms with Crippen molar-refractivity contribution in [3.63, 3.8) is 0 Å². The number of methoxy groups -OCH3 is 4. The van der Waals surface area contributed by atoms with Gasteiger partial charge in [-0.25, -0.2) is 0 Å². The van der Waals surface area contributed by atoms with Gasteiger partial charge in [0.25, 0.3) is 0 Å². The molecule has 28 heavy (non-hydrogen) atoms. The largest absolute Gasteiger partial charge is 0.495 e. The van der Waals surface area contributed by atoms with E-state index in [4.69, 9.17) is 18.9 Å². The Labute approximate surface area is 166 Å². The fraction of sp³-hybridized carbons (Fsp3) is 0.318. The fourth-order valence-corrected chi connectivity index (χ4v) is 2.91. The number of hydrogen-bond donors (Lipinski definition) is 0. The number of rotatable bonds is 8. The topological polar surface area (TPSA) is 57.2 Å². The SMILES string of the molecule is COc1ccc(C(=O)C(C)=Cc2cc(OC)c(OC)c(OC)c2)cc1N(C)C. The van der Waals surface area contributed by atoms with E-state index in [0.717, 1.165) is 11.3 Å². The zero-order valence-electron chi connectivity index (χ0n) is 17.5. The number of ether oxygens (including phenoxy) is 4. The van der Waals surface area contributed by atoms with Gasteiger partial charge in [0.05, 0.1) is 34.1 Å². The first-order valence-electron chi connectivity index (χ1n) is 8.74. The molecule has 0 heterocycles. The molecule has 0 atom stereocenters. The highest BCUT2D eigenvalue weighted by Gasteiger charge is 2.15. The number of Topliss-reactive ketones (excluding diaryl/α,β-unsaturated/α-hetero) is 1. The standard InChI is InChI=1S/C22H27NO5/c1-14(10-15-11-19(26-5)22(28-7)20(12-15)27-6)21(24)16-8-9-18(25-4)17(13-16)23(2)3/h8-13H,1-7H3. The molecular formula is C22H27NO5. The van der Waals surface area contributed by atoms with E-state index in [-0.39, 0.29) is 5.78 Å². The highest BCUT2D eigenvalue weighted by molar-refractivity contribution is 6.11. The Hall–Kier alpha value is -3.15. The van der Waals surface area contributed by atoms with Crippen LogP contribution in [0.15, 0.2) is 35.9 Å². The van der Waals surface area contributed by atoms with E-state index < -0.39 is 0 Å². The molecule has 0 aliphatic rings. The second kappa shape index (κ2) is 9.17. The summed E-state index contributed by atoms with van der Waals surface area (Å²) in [6, 6.07) is 9.00. The van der Waals surface area contributed by atoms with Crippen LogP contribution in [0.5, 0.6) is 23.0 Å². The van der Waals surface area contributed by atoms with Gasteiger partial charge in [-0.15, -0.1) is 0 Å². The van der Waals surface area contributed by atoms with E-state index in [1.54, 1.807) is 65.7 Å². The minimum Gasteiger partial charge on any atom is -0.495 e. The maximum atomic E-state index is 12.9. The molecule has 0 aromatic heterocycles. The summed E-state index contributed by atoms with van der Waals surface area (Å²) in [6.45, 7) is 1.78. The minimum atomic E-state index is -0.0699. The molecule has 6 heteroatoms. The molecule has 2 aromatic rings. The predicted molar refractivity (Wildman–Crippen MR) is 111 cm³/mol. The first-order valence-corrected chi connectivity index (χ1v) is 8.74. The second-order valence-corrected chi connectivity index (χ2v) is 6.40. The van der Waals surface area contributed by atoms with Gasteiger partial charge in [0.1, 0.15) is 5.75 Å². The number of nitrogens with zero attached hydrogens (tertiary/aromatic N) is 1. The summed E-state index contributed by atoms with van der Waals surface area (Å²) >= 11 is 0. The highest BCUT2D eigenvalue weighted by Crippen LogP contribution is 2.39. The molecule has 2 aromatic carbocycles. The quantitative estimate of drug-likeness (QED) is 0.504. The molecule has 0 amide bonds. The number of allylic oxidation sites excluding steroid dienone is 1. The molecule has 0 unspecified atom stereocenters. The van der Waals surface area contributed by atoms with Crippen LogP contribution in [0.4, 0.5) is 5.69 Å². The molecule has 0 fully saturated rings. The highest BCUT2D eigenvalue weighted by atomic mass is 16.5. The Morgan fingerprint density at radius 2 is 1.43 bits per heavy atom. The van der Waals surface area contributed by atoms with Gasteiger partial charge in [-0.2, -0.15) is 0 Å². The van der Waals surface area contributed by atoms with Gasteiger partial charge in [0.15, 0.2) is 17.3 Å². The van der Waals surface area contributed by atoms with E-state index in [2.05, 4.69) is 0 Å². The van der Waals surface area contributed by atoms with Crippen LogP contribution in [0.1, 0.15) is 22.8 Å². The van der Waals surface area contributed by atoms with Crippen molar-refractivity contribution < 1.29 is 23.7 Å². The van der Waals surface area contributed by atoms with Crippen LogP contribution in [0.25, 0.3) is 6.08 Å². The van der Waals surface area contributed by atoms with Gasteiger partial charge in [-0.3, -0.25) is 4.79 Å². The van der Waals surface area contributed by atoms with E-state index in [1.807, 2.05) is 25.1 Å². The van der Waals surface area contributed by atoms with Crippen molar-refractivity contribution in [3.05, 3.63) is 47.0 Å². The molecule has 0 saturated carbocycles. The molecule has 0 radical (unpaired) electrons. The Bertz CT molecular complexity index is 861. The number of ketones is 1. The molecule has 0 saturated heterocycles. The van der Waals surface area contributed by atoms with Crippen LogP contribution >= 0.6 is 0 Å². The van der Waals surface area contributed by atoms with E-state index >= 15 is 0 Å². The van der Waals surface area contributed by atoms with Gasteiger partial charge >= 0.3 is 0 Å². The van der Waals surface area contributed by atoms with Gasteiger partial charge in [0, 0.05) is 19.7 Å². The molecule has 2 rings (SSSR count). The van der Waals surface area contributed by atoms with E-state index in [0.29, 0.717) is 34.1 Å². The zero-order chi connectivity index (χ0) is 20.8. The summed E-state index contributed by atoms with van der Waals surface area (Å²) in [5.74, 6) is 2.23. The van der Waals surface area contributed by atoms with Crippen LogP contribution in [-0.2, 0) is 0 Å². The third-order valence-electron chi connectivity index (χ3n) is 4.35. The summed E-state index contributed by atoms with van der Waals surface area (Å²) in [7, 11) is 10.1. The molecule has 0 aliphatic carbocycles. The summed E-state index contributed by atoms with van der Waals surface area (Å²) in [4.78, 5) is 14.9. The Morgan fingerprint density at radius 3 is 1.89 bits per heavy atom. The van der Waals surface area contributed by atoms with Crippen LogP contribution < -0.4 is 23.8 Å². The Kier molecular flexibility index (Phi) is 6.93. The summed E-state index contributed by atoms with van der Waals surface area (Å²) in [6.07, 6.45) is 1.80. The van der Waals surface area contributed by atoms with Gasteiger partial charge < -0.3 is 23.8 Å². The molecule has 0 N–H and O–H groups in total. The average molecular weight is 385 g/mol. The number of benzene rings is 2. The lowest BCUT2D eigenvalue weighted by atomic mass is 10.0. The number of anilines is 1. The first kappa shape index (κ1) is 21.2. The third-order valence-corrected chi connectivity index (χ3v) is 4.35. The van der Waals surface area contributed by atoms with Crippen LogP contribution in [0.2, 0.25) is 0 Å². The fourth-order valence-electron chi connectivity index (χ4n) is 2.91. The lowest BCUT2D eigenvalue weighted by molar-refractivity contribution is 0.103. The number of carbonyl (C=O) groups is 1. The average Bonchev–Trinajstić information content (AvgIpc) is 2.71. The molecular weight excluding hydrogens is 358 g/mol. The minimum absolute atomic E-state index is 0.0699. The van der Waals surface area contributed by atoms with E-state index in [9.17, 15) is 4.79 Å². The summed E-state index contributed by atoms with van der Waals surface area (Å²) in [5.41, 5.74) is 2.80. The number of carbonyl (C=O) groups excluding carboxylic acids is 1. The lowest BCUT2D eigenvalue weighted by Gasteiger charge is -2.17. The Balaban J connectivity index is 2.43. The molecule has 150 valence electrons. The van der Waals surface area contributed by atoms with Crippen molar-refractivity contribution in [2.24, 2.45) is 0 Å². The first-order chi connectivity index (χ1) is 13.4. The van der Waals surface area contributed by atoms with Gasteiger partial charge in [-0.05, 0) is 54.5 Å².